The van der Waals surface area contributed by atoms with Crippen molar-refractivity contribution in [1.82, 2.24) is 9.80 Å². The third kappa shape index (κ3) is 3.38. The zero-order valence-corrected chi connectivity index (χ0v) is 14.6. The molecule has 4 rings (SSSR count). The summed E-state index contributed by atoms with van der Waals surface area (Å²) in [5.74, 6) is -0.171. The topological polar surface area (TPSA) is 49.9 Å². The highest BCUT2D eigenvalue weighted by atomic mass is 19.1. The van der Waals surface area contributed by atoms with Crippen molar-refractivity contribution in [2.45, 2.75) is 18.9 Å². The molecule has 3 aliphatic rings. The Morgan fingerprint density at radius 1 is 1.00 bits per heavy atom. The van der Waals surface area contributed by atoms with E-state index in [1.54, 1.807) is 4.90 Å². The number of fused-ring (bicyclic) bond motifs is 3. The summed E-state index contributed by atoms with van der Waals surface area (Å²) < 4.78 is 18.9. The lowest BCUT2D eigenvalue weighted by Gasteiger charge is -2.32. The molecule has 2 saturated heterocycles. The van der Waals surface area contributed by atoms with Gasteiger partial charge in [0.1, 0.15) is 5.82 Å². The predicted octanol–water partition coefficient (Wildman–Crippen LogP) is 2.09. The second-order valence-electron chi connectivity index (χ2n) is 7.40. The maximum Gasteiger partial charge on any atom is 0.253 e. The van der Waals surface area contributed by atoms with Crippen molar-refractivity contribution in [1.29, 1.82) is 0 Å². The van der Waals surface area contributed by atoms with Gasteiger partial charge >= 0.3 is 0 Å². The standard InChI is InChI=1S/C20H23FN2O3/c21-17-7-5-16(6-8-17)19(24)22-9-14-10-23(18(11-22)13-26-12-14)20(25)15-3-1-2-4-15/h1-2,5-8,14-15,18H,3-4,9-13H2/t14-,18-/m0/s1. The Bertz CT molecular complexity index is 710. The molecule has 2 fully saturated rings. The van der Waals surface area contributed by atoms with Crippen LogP contribution in [-0.2, 0) is 9.53 Å². The Morgan fingerprint density at radius 2 is 1.73 bits per heavy atom. The first kappa shape index (κ1) is 17.2. The van der Waals surface area contributed by atoms with Gasteiger partial charge < -0.3 is 14.5 Å². The first-order valence-corrected chi connectivity index (χ1v) is 9.20. The van der Waals surface area contributed by atoms with Crippen LogP contribution in [0.2, 0.25) is 0 Å². The number of allylic oxidation sites excluding steroid dienone is 2. The van der Waals surface area contributed by atoms with E-state index in [-0.39, 0.29) is 35.5 Å². The van der Waals surface area contributed by atoms with Crippen LogP contribution in [0.25, 0.3) is 0 Å². The quantitative estimate of drug-likeness (QED) is 0.761. The average Bonchev–Trinajstić information content (AvgIpc) is 3.01. The Morgan fingerprint density at radius 3 is 2.46 bits per heavy atom. The fraction of sp³-hybridized carbons (Fsp3) is 0.500. The summed E-state index contributed by atoms with van der Waals surface area (Å²) in [7, 11) is 0. The number of ether oxygens (including phenoxy) is 1. The molecule has 2 bridgehead atoms. The lowest BCUT2D eigenvalue weighted by Crippen LogP contribution is -2.49. The zero-order chi connectivity index (χ0) is 18.1. The summed E-state index contributed by atoms with van der Waals surface area (Å²) in [4.78, 5) is 29.6. The molecule has 1 aromatic carbocycles. The van der Waals surface area contributed by atoms with Gasteiger partial charge in [0, 0.05) is 37.0 Å². The summed E-state index contributed by atoms with van der Waals surface area (Å²) >= 11 is 0. The summed E-state index contributed by atoms with van der Waals surface area (Å²) in [6.07, 6.45) is 5.72. The number of amides is 2. The van der Waals surface area contributed by atoms with E-state index >= 15 is 0 Å². The van der Waals surface area contributed by atoms with E-state index in [1.165, 1.54) is 24.3 Å². The third-order valence-electron chi connectivity index (χ3n) is 5.49. The van der Waals surface area contributed by atoms with Crippen molar-refractivity contribution >= 4 is 11.8 Å². The van der Waals surface area contributed by atoms with Gasteiger partial charge in [-0.2, -0.15) is 0 Å². The monoisotopic (exact) mass is 358 g/mol. The molecule has 0 unspecified atom stereocenters. The molecule has 2 heterocycles. The molecular weight excluding hydrogens is 335 g/mol. The number of rotatable bonds is 2. The van der Waals surface area contributed by atoms with Gasteiger partial charge in [0.2, 0.25) is 5.91 Å². The minimum atomic E-state index is -0.357. The molecule has 2 atom stereocenters. The molecule has 2 aliphatic heterocycles. The van der Waals surface area contributed by atoms with E-state index in [2.05, 4.69) is 12.2 Å². The van der Waals surface area contributed by atoms with Crippen molar-refractivity contribution < 1.29 is 18.7 Å². The van der Waals surface area contributed by atoms with Gasteiger partial charge in [0.15, 0.2) is 0 Å². The van der Waals surface area contributed by atoms with E-state index in [0.29, 0.717) is 38.4 Å². The molecular formula is C20H23FN2O3. The van der Waals surface area contributed by atoms with Crippen molar-refractivity contribution in [2.24, 2.45) is 11.8 Å². The fourth-order valence-corrected chi connectivity index (χ4v) is 4.11. The van der Waals surface area contributed by atoms with Crippen LogP contribution >= 0.6 is 0 Å². The normalized spacial score (nSPS) is 26.0. The van der Waals surface area contributed by atoms with Crippen LogP contribution in [-0.4, -0.2) is 60.5 Å². The van der Waals surface area contributed by atoms with Gasteiger partial charge in [-0.05, 0) is 37.1 Å². The summed E-state index contributed by atoms with van der Waals surface area (Å²) in [6, 6.07) is 5.51. The van der Waals surface area contributed by atoms with Crippen molar-refractivity contribution in [3.8, 4) is 0 Å². The molecule has 0 radical (unpaired) electrons. The number of hydrogen-bond donors (Lipinski definition) is 0. The lowest BCUT2D eigenvalue weighted by atomic mass is 10.0. The number of hydrogen-bond acceptors (Lipinski definition) is 3. The molecule has 138 valence electrons. The Labute approximate surface area is 152 Å². The molecule has 0 spiro atoms. The zero-order valence-electron chi connectivity index (χ0n) is 14.6. The molecule has 0 N–H and O–H groups in total. The van der Waals surface area contributed by atoms with Crippen LogP contribution < -0.4 is 0 Å². The van der Waals surface area contributed by atoms with Crippen LogP contribution in [0.15, 0.2) is 36.4 Å². The molecule has 1 aromatic rings. The van der Waals surface area contributed by atoms with E-state index in [0.717, 1.165) is 12.8 Å². The maximum atomic E-state index is 13.1. The summed E-state index contributed by atoms with van der Waals surface area (Å²) in [6.45, 7) is 2.65. The molecule has 5 nitrogen and oxygen atoms in total. The Balaban J connectivity index is 1.53. The predicted molar refractivity (Wildman–Crippen MR) is 94.0 cm³/mol. The molecule has 2 amide bonds. The first-order valence-electron chi connectivity index (χ1n) is 9.20. The average molecular weight is 358 g/mol. The maximum absolute atomic E-state index is 13.1. The largest absolute Gasteiger partial charge is 0.379 e. The van der Waals surface area contributed by atoms with E-state index in [1.807, 2.05) is 4.90 Å². The number of nitrogens with zero attached hydrogens (tertiary/aromatic N) is 2. The molecule has 1 aliphatic carbocycles. The third-order valence-corrected chi connectivity index (χ3v) is 5.49. The van der Waals surface area contributed by atoms with Crippen LogP contribution in [0.1, 0.15) is 23.2 Å². The van der Waals surface area contributed by atoms with Gasteiger partial charge in [0.25, 0.3) is 5.91 Å². The van der Waals surface area contributed by atoms with Gasteiger partial charge in [0.05, 0.1) is 19.3 Å². The highest BCUT2D eigenvalue weighted by molar-refractivity contribution is 5.94. The van der Waals surface area contributed by atoms with Crippen molar-refractivity contribution in [2.75, 3.05) is 32.8 Å². The molecule has 6 heteroatoms. The van der Waals surface area contributed by atoms with E-state index in [9.17, 15) is 14.0 Å². The van der Waals surface area contributed by atoms with E-state index in [4.69, 9.17) is 4.74 Å². The van der Waals surface area contributed by atoms with Crippen LogP contribution in [0.3, 0.4) is 0 Å². The second-order valence-corrected chi connectivity index (χ2v) is 7.40. The smallest absolute Gasteiger partial charge is 0.253 e. The van der Waals surface area contributed by atoms with Crippen LogP contribution in [0, 0.1) is 17.7 Å². The molecule has 0 aromatic heterocycles. The van der Waals surface area contributed by atoms with Gasteiger partial charge in [-0.15, -0.1) is 0 Å². The van der Waals surface area contributed by atoms with Crippen molar-refractivity contribution in [3.05, 3.63) is 47.8 Å². The number of halogens is 1. The Hall–Kier alpha value is -2.21. The first-order chi connectivity index (χ1) is 12.6. The summed E-state index contributed by atoms with van der Waals surface area (Å²) in [5.41, 5.74) is 0.477. The highest BCUT2D eigenvalue weighted by Gasteiger charge is 2.39. The minimum Gasteiger partial charge on any atom is -0.379 e. The van der Waals surface area contributed by atoms with Crippen LogP contribution in [0.5, 0.6) is 0 Å². The van der Waals surface area contributed by atoms with E-state index < -0.39 is 0 Å². The number of benzene rings is 1. The SMILES string of the molecule is O=C(c1ccc(F)cc1)N1C[C@@H]2COC[C@H](C1)N(C(=O)C1CC=CC1)C2. The van der Waals surface area contributed by atoms with Gasteiger partial charge in [-0.25, -0.2) is 4.39 Å². The highest BCUT2D eigenvalue weighted by Crippen LogP contribution is 2.27. The Kier molecular flexibility index (Phi) is 4.76. The number of carbonyl (C=O) groups is 2. The van der Waals surface area contributed by atoms with Gasteiger partial charge in [-0.3, -0.25) is 9.59 Å². The molecule has 0 saturated carbocycles. The molecule has 26 heavy (non-hydrogen) atoms. The van der Waals surface area contributed by atoms with Crippen LogP contribution in [0.4, 0.5) is 4.39 Å². The fourth-order valence-electron chi connectivity index (χ4n) is 4.11. The summed E-state index contributed by atoms with van der Waals surface area (Å²) in [5, 5.41) is 0. The second kappa shape index (κ2) is 7.19. The number of carbonyl (C=O) groups excluding carboxylic acids is 2. The lowest BCUT2D eigenvalue weighted by molar-refractivity contribution is -0.137. The van der Waals surface area contributed by atoms with Crippen molar-refractivity contribution in [3.63, 3.8) is 0 Å². The van der Waals surface area contributed by atoms with Gasteiger partial charge in [-0.1, -0.05) is 12.2 Å². The minimum absolute atomic E-state index is 0.0237.